The van der Waals surface area contributed by atoms with Crippen molar-refractivity contribution in [2.45, 2.75) is 77.9 Å². The van der Waals surface area contributed by atoms with Gasteiger partial charge in [-0.25, -0.2) is 0 Å². The molecule has 0 aromatic carbocycles. The highest BCUT2D eigenvalue weighted by Crippen LogP contribution is 2.38. The Hall–Kier alpha value is -1.40. The fourth-order valence-electron chi connectivity index (χ4n) is 5.16. The van der Waals surface area contributed by atoms with E-state index in [0.717, 1.165) is 76.0 Å². The Morgan fingerprint density at radius 1 is 1.21 bits per heavy atom. The van der Waals surface area contributed by atoms with Gasteiger partial charge in [-0.05, 0) is 70.0 Å². The number of piperidine rings is 1. The molecule has 3 heterocycles. The number of hydrogen-bond donors (Lipinski definition) is 0. The number of aromatic nitrogens is 1. The first-order valence-corrected chi connectivity index (χ1v) is 11.4. The molecule has 2 atom stereocenters. The molecule has 29 heavy (non-hydrogen) atoms. The quantitative estimate of drug-likeness (QED) is 0.770. The van der Waals surface area contributed by atoms with Crippen LogP contribution in [0.5, 0.6) is 0 Å². The van der Waals surface area contributed by atoms with E-state index in [1.165, 1.54) is 0 Å². The van der Waals surface area contributed by atoms with Crippen molar-refractivity contribution in [2.24, 2.45) is 11.3 Å². The van der Waals surface area contributed by atoms with Gasteiger partial charge in [-0.15, -0.1) is 0 Å². The predicted octanol–water partition coefficient (Wildman–Crippen LogP) is 3.54. The molecule has 1 aromatic heterocycles. The summed E-state index contributed by atoms with van der Waals surface area (Å²) in [6.45, 7) is 10.4. The second kappa shape index (κ2) is 8.38. The third kappa shape index (κ3) is 4.53. The van der Waals surface area contributed by atoms with Crippen molar-refractivity contribution in [3.63, 3.8) is 0 Å². The number of carbonyl (C=O) groups excluding carboxylic acids is 1. The Balaban J connectivity index is 1.57. The second-order valence-electron chi connectivity index (χ2n) is 10.4. The molecule has 6 heteroatoms. The van der Waals surface area contributed by atoms with E-state index in [2.05, 4.69) is 42.8 Å². The molecule has 0 unspecified atom stereocenters. The summed E-state index contributed by atoms with van der Waals surface area (Å²) in [4.78, 5) is 18.2. The molecule has 2 saturated heterocycles. The van der Waals surface area contributed by atoms with Crippen molar-refractivity contribution in [1.82, 2.24) is 15.0 Å². The predicted molar refractivity (Wildman–Crippen MR) is 112 cm³/mol. The molecule has 3 aliphatic rings. The van der Waals surface area contributed by atoms with E-state index in [4.69, 9.17) is 9.26 Å². The fourth-order valence-corrected chi connectivity index (χ4v) is 5.16. The zero-order chi connectivity index (χ0) is 20.6. The van der Waals surface area contributed by atoms with Crippen LogP contribution in [0.25, 0.3) is 0 Å². The summed E-state index contributed by atoms with van der Waals surface area (Å²) in [6, 6.07) is 0.261. The van der Waals surface area contributed by atoms with Gasteiger partial charge in [-0.1, -0.05) is 25.9 Å². The SMILES string of the molecule is CN1CCC(N(C[C@H]2CCCO2)C(=O)c2noc3c2C[C@H](C(C)(C)C)CC3)CC1. The molecular formula is C23H37N3O3. The Labute approximate surface area is 174 Å². The summed E-state index contributed by atoms with van der Waals surface area (Å²) in [5.74, 6) is 1.53. The average molecular weight is 404 g/mol. The number of aryl methyl sites for hydroxylation is 1. The third-order valence-corrected chi connectivity index (χ3v) is 7.28. The zero-order valence-electron chi connectivity index (χ0n) is 18.6. The minimum Gasteiger partial charge on any atom is -0.376 e. The molecule has 1 aliphatic carbocycles. The van der Waals surface area contributed by atoms with Crippen LogP contribution in [0, 0.1) is 11.3 Å². The number of rotatable bonds is 4. The molecule has 6 nitrogen and oxygen atoms in total. The van der Waals surface area contributed by atoms with Gasteiger partial charge in [-0.2, -0.15) is 0 Å². The van der Waals surface area contributed by atoms with Gasteiger partial charge in [0.05, 0.1) is 6.10 Å². The van der Waals surface area contributed by atoms with Crippen LogP contribution in [0.2, 0.25) is 0 Å². The minimum absolute atomic E-state index is 0.0506. The Kier molecular flexibility index (Phi) is 6.03. The molecule has 1 amide bonds. The molecule has 0 bridgehead atoms. The van der Waals surface area contributed by atoms with Crippen molar-refractivity contribution in [1.29, 1.82) is 0 Å². The normalized spacial score (nSPS) is 26.5. The van der Waals surface area contributed by atoms with Crippen LogP contribution in [0.3, 0.4) is 0 Å². The van der Waals surface area contributed by atoms with Gasteiger partial charge in [0, 0.05) is 31.2 Å². The second-order valence-corrected chi connectivity index (χ2v) is 10.4. The Bertz CT molecular complexity index is 709. The first-order valence-electron chi connectivity index (χ1n) is 11.4. The Morgan fingerprint density at radius 3 is 2.62 bits per heavy atom. The highest BCUT2D eigenvalue weighted by molar-refractivity contribution is 5.94. The molecule has 2 aliphatic heterocycles. The number of carbonyl (C=O) groups is 1. The number of ether oxygens (including phenoxy) is 1. The summed E-state index contributed by atoms with van der Waals surface area (Å²) in [5, 5.41) is 4.30. The zero-order valence-corrected chi connectivity index (χ0v) is 18.6. The van der Waals surface area contributed by atoms with Gasteiger partial charge >= 0.3 is 0 Å². The van der Waals surface area contributed by atoms with Crippen molar-refractivity contribution in [3.05, 3.63) is 17.0 Å². The number of nitrogens with zero attached hydrogens (tertiary/aromatic N) is 3. The molecule has 1 aromatic rings. The van der Waals surface area contributed by atoms with Gasteiger partial charge < -0.3 is 19.1 Å². The van der Waals surface area contributed by atoms with Crippen molar-refractivity contribution in [3.8, 4) is 0 Å². The fraction of sp³-hybridized carbons (Fsp3) is 0.826. The van der Waals surface area contributed by atoms with E-state index in [-0.39, 0.29) is 23.5 Å². The maximum absolute atomic E-state index is 13.7. The van der Waals surface area contributed by atoms with Gasteiger partial charge in [0.2, 0.25) is 0 Å². The first-order chi connectivity index (χ1) is 13.8. The molecule has 162 valence electrons. The van der Waals surface area contributed by atoms with E-state index in [0.29, 0.717) is 18.2 Å². The summed E-state index contributed by atoms with van der Waals surface area (Å²) in [5.41, 5.74) is 1.85. The smallest absolute Gasteiger partial charge is 0.276 e. The lowest BCUT2D eigenvalue weighted by Crippen LogP contribution is -2.49. The number of amides is 1. The van der Waals surface area contributed by atoms with Crippen LogP contribution in [0.15, 0.2) is 4.52 Å². The lowest BCUT2D eigenvalue weighted by molar-refractivity contribution is 0.0312. The molecule has 4 rings (SSSR count). The van der Waals surface area contributed by atoms with Gasteiger partial charge in [0.1, 0.15) is 5.76 Å². The maximum Gasteiger partial charge on any atom is 0.276 e. The summed E-state index contributed by atoms with van der Waals surface area (Å²) < 4.78 is 11.5. The molecule has 0 spiro atoms. The third-order valence-electron chi connectivity index (χ3n) is 7.28. The van der Waals surface area contributed by atoms with Crippen molar-refractivity contribution >= 4 is 5.91 Å². The van der Waals surface area contributed by atoms with Crippen LogP contribution in [-0.4, -0.2) is 66.3 Å². The van der Waals surface area contributed by atoms with Crippen LogP contribution < -0.4 is 0 Å². The molecular weight excluding hydrogens is 366 g/mol. The Morgan fingerprint density at radius 2 is 1.97 bits per heavy atom. The van der Waals surface area contributed by atoms with Crippen molar-refractivity contribution in [2.75, 3.05) is 33.3 Å². The van der Waals surface area contributed by atoms with Crippen LogP contribution in [0.1, 0.15) is 74.7 Å². The monoisotopic (exact) mass is 403 g/mol. The first kappa shape index (κ1) is 20.9. The topological polar surface area (TPSA) is 58.8 Å². The van der Waals surface area contributed by atoms with E-state index < -0.39 is 0 Å². The summed E-state index contributed by atoms with van der Waals surface area (Å²) >= 11 is 0. The van der Waals surface area contributed by atoms with Crippen LogP contribution in [-0.2, 0) is 17.6 Å². The highest BCUT2D eigenvalue weighted by Gasteiger charge is 2.38. The van der Waals surface area contributed by atoms with Gasteiger partial charge in [0.25, 0.3) is 5.91 Å². The molecule has 0 radical (unpaired) electrons. The van der Waals surface area contributed by atoms with Crippen LogP contribution >= 0.6 is 0 Å². The summed E-state index contributed by atoms with van der Waals surface area (Å²) in [7, 11) is 2.16. The lowest BCUT2D eigenvalue weighted by atomic mass is 9.71. The van der Waals surface area contributed by atoms with Crippen LogP contribution in [0.4, 0.5) is 0 Å². The highest BCUT2D eigenvalue weighted by atomic mass is 16.5. The largest absolute Gasteiger partial charge is 0.376 e. The lowest BCUT2D eigenvalue weighted by Gasteiger charge is -2.38. The standard InChI is InChI=1S/C23H37N3O3/c1-23(2,3)16-7-8-20-19(14-16)21(24-29-20)22(27)26(15-18-6-5-13-28-18)17-9-11-25(4)12-10-17/h16-18H,5-15H2,1-4H3/t16-,18-/m1/s1. The van der Waals surface area contributed by atoms with E-state index >= 15 is 0 Å². The number of likely N-dealkylation sites (tertiary alicyclic amines) is 1. The average Bonchev–Trinajstić information content (AvgIpc) is 3.35. The number of fused-ring (bicyclic) bond motifs is 1. The van der Waals surface area contributed by atoms with Gasteiger partial charge in [-0.3, -0.25) is 4.79 Å². The van der Waals surface area contributed by atoms with E-state index in [9.17, 15) is 4.79 Å². The molecule has 0 N–H and O–H groups in total. The van der Waals surface area contributed by atoms with E-state index in [1.54, 1.807) is 0 Å². The van der Waals surface area contributed by atoms with Gasteiger partial charge in [0.15, 0.2) is 5.69 Å². The minimum atomic E-state index is 0.0506. The molecule has 0 saturated carbocycles. The maximum atomic E-state index is 13.7. The molecule has 2 fully saturated rings. The van der Waals surface area contributed by atoms with Crippen molar-refractivity contribution < 1.29 is 14.1 Å². The number of hydrogen-bond acceptors (Lipinski definition) is 5. The summed E-state index contributed by atoms with van der Waals surface area (Å²) in [6.07, 6.45) is 7.20. The van der Waals surface area contributed by atoms with E-state index in [1.807, 2.05) is 0 Å².